The molecule has 0 aromatic carbocycles. The molecule has 592 valence electrons. The van der Waals surface area contributed by atoms with Crippen LogP contribution in [0.4, 0.5) is 19.2 Å². The van der Waals surface area contributed by atoms with Gasteiger partial charge in [-0.25, -0.2) is 19.2 Å². The maximum atomic E-state index is 14.9. The standard InChI is InChI=1S/2C40H64N6O7/c1-38(2,3)28(22-53-37(52)41-20-24-12-13-24)44-36(51)45-32(40(6)18-8-7-9-19-40)35(50)46-21-26-29(39(26,4)5)30(46)33(48)43-27(17-14-23-10-11-23)31(47)34(49)42-25-15-16-25;1-8-20-41-34(49)31(47)27(17-16-24-12-13-24)43-33(48)30-29-26(39(29,5)6)22-46(30)35(50)32(40(7)18-10-9-11-19-40)45-36(51)44-28(38(2,3)4)23-53-37(52)42-21-25-14-15-25/h23-30,32H,7-22H2,1-6H3,(H,41,52)(H,42,49)(H,43,48)(H2,44,45,51);8,24-30,32H,1,9-23H2,2-7H3,(H,41,49)(H,42,52)(H,43,48)(H2,44,45,51)/t2*26-,27?,28+,29-,30-,32+/m00/s1. The number of ketones is 2. The minimum atomic E-state index is -1.01. The van der Waals surface area contributed by atoms with Crippen molar-refractivity contribution in [1.29, 1.82) is 0 Å². The molecule has 0 aromatic heterocycles. The Labute approximate surface area is 628 Å². The van der Waals surface area contributed by atoms with Gasteiger partial charge in [-0.2, -0.15) is 0 Å². The van der Waals surface area contributed by atoms with Crippen molar-refractivity contribution in [2.24, 2.45) is 79.8 Å². The molecule has 26 nitrogen and oxygen atoms in total. The van der Waals surface area contributed by atoms with Crippen LogP contribution in [-0.2, 0) is 47.8 Å². The highest BCUT2D eigenvalue weighted by molar-refractivity contribution is 6.39. The minimum absolute atomic E-state index is 0.0210. The summed E-state index contributed by atoms with van der Waals surface area (Å²) in [5.41, 5.74) is -2.39. The van der Waals surface area contributed by atoms with E-state index in [1.54, 1.807) is 9.80 Å². The molecule has 11 aliphatic rings. The van der Waals surface area contributed by atoms with Crippen LogP contribution in [0.1, 0.15) is 237 Å². The number of rotatable bonds is 33. The molecule has 0 radical (unpaired) electrons. The molecule has 0 spiro atoms. The van der Waals surface area contributed by atoms with Crippen LogP contribution in [0.25, 0.3) is 0 Å². The van der Waals surface area contributed by atoms with Gasteiger partial charge in [-0.1, -0.05) is 153 Å². The zero-order valence-electron chi connectivity index (χ0n) is 65.6. The van der Waals surface area contributed by atoms with E-state index in [2.05, 4.69) is 87.4 Å². The number of hydrogen-bond acceptors (Lipinski definition) is 14. The summed E-state index contributed by atoms with van der Waals surface area (Å²) in [6, 6.07) is -7.59. The van der Waals surface area contributed by atoms with Gasteiger partial charge in [0.15, 0.2) is 0 Å². The van der Waals surface area contributed by atoms with Gasteiger partial charge < -0.3 is 72.4 Å². The second kappa shape index (κ2) is 33.4. The third-order valence-corrected chi connectivity index (χ3v) is 26.0. The van der Waals surface area contributed by atoms with E-state index in [0.29, 0.717) is 62.7 Å². The molecule has 2 unspecified atom stereocenters. The lowest BCUT2D eigenvalue weighted by molar-refractivity contribution is -0.146. The average molecular weight is 1480 g/mol. The molecule has 11 rings (SSSR count). The fraction of sp³-hybridized carbons (Fsp3) is 0.825. The van der Waals surface area contributed by atoms with Crippen LogP contribution in [0.15, 0.2) is 12.7 Å². The molecule has 106 heavy (non-hydrogen) atoms. The molecule has 10 N–H and O–H groups in total. The summed E-state index contributed by atoms with van der Waals surface area (Å²) >= 11 is 0. The smallest absolute Gasteiger partial charge is 0.407 e. The van der Waals surface area contributed by atoms with E-state index >= 15 is 0 Å². The summed E-state index contributed by atoms with van der Waals surface area (Å²) in [5.74, 6) is -2.27. The van der Waals surface area contributed by atoms with Crippen molar-refractivity contribution in [2.75, 3.05) is 45.9 Å². The van der Waals surface area contributed by atoms with Gasteiger partial charge in [0.1, 0.15) is 37.4 Å². The molecule has 0 aromatic rings. The largest absolute Gasteiger partial charge is 0.447 e. The van der Waals surface area contributed by atoms with E-state index in [1.807, 2.05) is 55.4 Å². The number of ether oxygens (including phenoxy) is 2. The quantitative estimate of drug-likeness (QED) is 0.0218. The van der Waals surface area contributed by atoms with Crippen molar-refractivity contribution in [1.82, 2.24) is 63.0 Å². The number of piperidine rings is 2. The monoisotopic (exact) mass is 1480 g/mol. The maximum absolute atomic E-state index is 14.9. The number of nitrogens with one attached hydrogen (secondary N) is 10. The van der Waals surface area contributed by atoms with Gasteiger partial charge in [0.05, 0.1) is 24.2 Å². The molecule has 9 aliphatic carbocycles. The lowest BCUT2D eigenvalue weighted by Crippen LogP contribution is -2.63. The third-order valence-electron chi connectivity index (χ3n) is 26.0. The van der Waals surface area contributed by atoms with Gasteiger partial charge in [0.25, 0.3) is 11.8 Å². The Hall–Kier alpha value is -7.02. The number of hydrogen-bond donors (Lipinski definition) is 10. The van der Waals surface area contributed by atoms with Crippen LogP contribution in [-0.4, -0.2) is 181 Å². The van der Waals surface area contributed by atoms with Crippen LogP contribution < -0.4 is 53.2 Å². The van der Waals surface area contributed by atoms with E-state index in [0.717, 1.165) is 141 Å². The number of amides is 12. The molecule has 2 aliphatic heterocycles. The molecule has 0 bridgehead atoms. The topological polar surface area (TPSA) is 350 Å². The van der Waals surface area contributed by atoms with E-state index < -0.39 is 129 Å². The normalized spacial score (nSPS) is 26.5. The summed E-state index contributed by atoms with van der Waals surface area (Å²) in [6.07, 6.45) is 21.8. The number of nitrogens with zero attached hydrogens (tertiary/aromatic N) is 2. The van der Waals surface area contributed by atoms with Gasteiger partial charge in [0.2, 0.25) is 35.2 Å². The van der Waals surface area contributed by atoms with Crippen LogP contribution in [0.3, 0.4) is 0 Å². The zero-order valence-corrected chi connectivity index (χ0v) is 65.6. The van der Waals surface area contributed by atoms with Crippen molar-refractivity contribution < 1.29 is 67.0 Å². The lowest BCUT2D eigenvalue weighted by atomic mass is 9.70. The minimum Gasteiger partial charge on any atom is -0.447 e. The first kappa shape index (κ1) is 81.5. The summed E-state index contributed by atoms with van der Waals surface area (Å²) in [4.78, 5) is 166. The van der Waals surface area contributed by atoms with Crippen LogP contribution in [0.5, 0.6) is 0 Å². The maximum Gasteiger partial charge on any atom is 0.407 e. The third kappa shape index (κ3) is 21.1. The lowest BCUT2D eigenvalue weighted by Gasteiger charge is -2.43. The molecule has 2 saturated heterocycles. The number of carbonyl (C=O) groups excluding carboxylic acids is 12. The van der Waals surface area contributed by atoms with Crippen LogP contribution in [0.2, 0.25) is 0 Å². The fourth-order valence-electron chi connectivity index (χ4n) is 17.2. The predicted octanol–water partition coefficient (Wildman–Crippen LogP) is 8.39. The highest BCUT2D eigenvalue weighted by atomic mass is 16.6. The SMILES string of the molecule is C=CCNC(=O)C(=O)C(CCC1CC1)NC(=O)[C@@H]1[C@@H]2[C@H](CN1C(=O)[C@@H](NC(=O)N[C@H](COC(=O)NCC1CC1)C(C)(C)C)C1(C)CCCCC1)C2(C)C.CC(C)(C)[C@@H](COC(=O)NCC1CC1)NC(=O)N[C@H](C(=O)N1C[C@H]2[C@@H]([C@H]1C(=O)NC(CCC1CC1)C(=O)C(=O)NC1CC1)C2(C)C)C1(C)CCCCC1. The van der Waals surface area contributed by atoms with Crippen LogP contribution >= 0.6 is 0 Å². The molecule has 12 amide bonds. The van der Waals surface area contributed by atoms with E-state index in [1.165, 1.54) is 6.08 Å². The summed E-state index contributed by atoms with van der Waals surface area (Å²) in [7, 11) is 0. The highest BCUT2D eigenvalue weighted by Gasteiger charge is 2.71. The molecular formula is C80H128N12O14. The first-order valence-corrected chi connectivity index (χ1v) is 40.4. The Balaban J connectivity index is 0.000000227. The zero-order chi connectivity index (χ0) is 77.0. The second-order valence-electron chi connectivity index (χ2n) is 37.6. The number of alkyl carbamates (subject to hydrolysis) is 2. The molecule has 26 heteroatoms. The van der Waals surface area contributed by atoms with Gasteiger partial charge in [0, 0.05) is 38.8 Å². The molecule has 9 saturated carbocycles. The average Bonchev–Trinajstić information content (AvgIpc) is 1.53. The van der Waals surface area contributed by atoms with Crippen molar-refractivity contribution in [2.45, 2.75) is 292 Å². The Kier molecular flexibility index (Phi) is 25.7. The van der Waals surface area contributed by atoms with Crippen molar-refractivity contribution in [3.8, 4) is 0 Å². The molecule has 12 atom stereocenters. The van der Waals surface area contributed by atoms with Gasteiger partial charge in [-0.05, 0) is 170 Å². The van der Waals surface area contributed by atoms with Gasteiger partial charge >= 0.3 is 24.2 Å². The number of likely N-dealkylation sites (tertiary alicyclic amines) is 2. The Bertz CT molecular complexity index is 3260. The van der Waals surface area contributed by atoms with Gasteiger partial charge in [-0.15, -0.1) is 6.58 Å². The first-order chi connectivity index (χ1) is 49.9. The van der Waals surface area contributed by atoms with E-state index in [9.17, 15) is 57.5 Å². The Morgan fingerprint density at radius 2 is 0.840 bits per heavy atom. The number of fused-ring (bicyclic) bond motifs is 2. The molecule has 2 heterocycles. The predicted molar refractivity (Wildman–Crippen MR) is 399 cm³/mol. The van der Waals surface area contributed by atoms with Crippen molar-refractivity contribution in [3.05, 3.63) is 12.7 Å². The van der Waals surface area contributed by atoms with E-state index in [4.69, 9.17) is 9.47 Å². The summed E-state index contributed by atoms with van der Waals surface area (Å²) in [5, 5.41) is 28.9. The van der Waals surface area contributed by atoms with Crippen molar-refractivity contribution >= 4 is 71.3 Å². The summed E-state index contributed by atoms with van der Waals surface area (Å²) < 4.78 is 11.0. The number of urea groups is 2. The summed E-state index contributed by atoms with van der Waals surface area (Å²) in [6.45, 7) is 29.7. The first-order valence-electron chi connectivity index (χ1n) is 40.4. The van der Waals surface area contributed by atoms with Gasteiger partial charge in [-0.3, -0.25) is 38.4 Å². The van der Waals surface area contributed by atoms with E-state index in [-0.39, 0.29) is 72.1 Å². The van der Waals surface area contributed by atoms with Crippen molar-refractivity contribution in [3.63, 3.8) is 0 Å². The molecular weight excluding hydrogens is 1350 g/mol. The second-order valence-corrected chi connectivity index (χ2v) is 37.6. The molecule has 11 fully saturated rings. The number of carbonyl (C=O) groups is 12. The fourth-order valence-corrected chi connectivity index (χ4v) is 17.2. The Morgan fingerprint density at radius 1 is 0.472 bits per heavy atom. The highest BCUT2D eigenvalue weighted by Crippen LogP contribution is 2.66. The number of Topliss-reactive ketones (excluding diaryl/α,β-unsaturated/α-hetero) is 2. The van der Waals surface area contributed by atoms with Crippen LogP contribution in [0, 0.1) is 79.8 Å². The Morgan fingerprint density at radius 3 is 1.18 bits per heavy atom.